The van der Waals surface area contributed by atoms with Crippen molar-refractivity contribution in [3.63, 3.8) is 0 Å². The van der Waals surface area contributed by atoms with Gasteiger partial charge in [-0.1, -0.05) is 11.6 Å². The van der Waals surface area contributed by atoms with Crippen molar-refractivity contribution in [2.75, 3.05) is 18.1 Å². The van der Waals surface area contributed by atoms with Gasteiger partial charge in [0.05, 0.1) is 13.0 Å². The first-order valence-electron chi connectivity index (χ1n) is 5.48. The van der Waals surface area contributed by atoms with Gasteiger partial charge in [-0.25, -0.2) is 0 Å². The van der Waals surface area contributed by atoms with Gasteiger partial charge in [-0.2, -0.15) is 0 Å². The molecule has 0 saturated carbocycles. The molecule has 1 aliphatic heterocycles. The molecular formula is C12H12ClNO4. The number of hydrogen-bond acceptors (Lipinski definition) is 3. The van der Waals surface area contributed by atoms with E-state index in [1.807, 2.05) is 0 Å². The third kappa shape index (κ3) is 2.80. The molecule has 1 saturated heterocycles. The summed E-state index contributed by atoms with van der Waals surface area (Å²) in [4.78, 5) is 24.2. The number of amides is 1. The Kier molecular flexibility index (Phi) is 3.84. The average molecular weight is 270 g/mol. The summed E-state index contributed by atoms with van der Waals surface area (Å²) in [6.07, 6.45) is -1.23. The monoisotopic (exact) mass is 269 g/mol. The van der Waals surface area contributed by atoms with Gasteiger partial charge in [0, 0.05) is 17.3 Å². The van der Waals surface area contributed by atoms with E-state index in [1.54, 1.807) is 24.3 Å². The lowest BCUT2D eigenvalue weighted by Gasteiger charge is -2.31. The molecule has 18 heavy (non-hydrogen) atoms. The molecule has 5 nitrogen and oxygen atoms in total. The standard InChI is InChI=1S/C12H12ClNO4/c13-8-1-3-9(4-2-8)14-5-6-18-10(12(14)17)7-11(15)16/h1-4,10H,5-7H2,(H,15,16). The minimum Gasteiger partial charge on any atom is -0.481 e. The zero-order valence-electron chi connectivity index (χ0n) is 9.51. The lowest BCUT2D eigenvalue weighted by Crippen LogP contribution is -2.48. The number of hydrogen-bond donors (Lipinski definition) is 1. The summed E-state index contributed by atoms with van der Waals surface area (Å²) in [6, 6.07) is 6.82. The Bertz CT molecular complexity index is 460. The summed E-state index contributed by atoms with van der Waals surface area (Å²) < 4.78 is 5.18. The Labute approximate surface area is 109 Å². The van der Waals surface area contributed by atoms with Gasteiger partial charge in [-0.05, 0) is 24.3 Å². The van der Waals surface area contributed by atoms with Gasteiger partial charge in [0.2, 0.25) is 0 Å². The van der Waals surface area contributed by atoms with E-state index in [9.17, 15) is 9.59 Å². The van der Waals surface area contributed by atoms with Crippen LogP contribution in [-0.4, -0.2) is 36.2 Å². The van der Waals surface area contributed by atoms with Crippen molar-refractivity contribution >= 4 is 29.2 Å². The number of halogens is 1. The van der Waals surface area contributed by atoms with E-state index in [0.29, 0.717) is 23.9 Å². The first-order chi connectivity index (χ1) is 8.58. The number of morpholine rings is 1. The summed E-state index contributed by atoms with van der Waals surface area (Å²) >= 11 is 5.78. The van der Waals surface area contributed by atoms with Crippen LogP contribution in [0.3, 0.4) is 0 Å². The Morgan fingerprint density at radius 2 is 2.11 bits per heavy atom. The van der Waals surface area contributed by atoms with Crippen LogP contribution in [0, 0.1) is 0 Å². The SMILES string of the molecule is O=C(O)CC1OCCN(c2ccc(Cl)cc2)C1=O. The lowest BCUT2D eigenvalue weighted by atomic mass is 10.1. The highest BCUT2D eigenvalue weighted by Crippen LogP contribution is 2.22. The van der Waals surface area contributed by atoms with Gasteiger partial charge in [0.1, 0.15) is 6.10 Å². The molecule has 1 N–H and O–H groups in total. The van der Waals surface area contributed by atoms with E-state index >= 15 is 0 Å². The van der Waals surface area contributed by atoms with Crippen molar-refractivity contribution < 1.29 is 19.4 Å². The molecule has 1 fully saturated rings. The summed E-state index contributed by atoms with van der Waals surface area (Å²) in [6.45, 7) is 0.739. The molecule has 1 aromatic rings. The van der Waals surface area contributed by atoms with Crippen molar-refractivity contribution in [2.45, 2.75) is 12.5 Å². The molecule has 0 radical (unpaired) electrons. The van der Waals surface area contributed by atoms with Crippen LogP contribution >= 0.6 is 11.6 Å². The van der Waals surface area contributed by atoms with Crippen LogP contribution in [-0.2, 0) is 14.3 Å². The molecule has 2 rings (SSSR count). The van der Waals surface area contributed by atoms with E-state index in [1.165, 1.54) is 4.90 Å². The Balaban J connectivity index is 2.15. The second-order valence-corrected chi connectivity index (χ2v) is 4.36. The number of carbonyl (C=O) groups is 2. The maximum Gasteiger partial charge on any atom is 0.306 e. The first-order valence-corrected chi connectivity index (χ1v) is 5.86. The summed E-state index contributed by atoms with van der Waals surface area (Å²) in [7, 11) is 0. The van der Waals surface area contributed by atoms with E-state index < -0.39 is 12.1 Å². The second kappa shape index (κ2) is 5.37. The van der Waals surface area contributed by atoms with Gasteiger partial charge in [0.15, 0.2) is 0 Å². The molecule has 0 bridgehead atoms. The van der Waals surface area contributed by atoms with Crippen molar-refractivity contribution in [1.29, 1.82) is 0 Å². The van der Waals surface area contributed by atoms with Gasteiger partial charge >= 0.3 is 5.97 Å². The quantitative estimate of drug-likeness (QED) is 0.904. The molecule has 1 heterocycles. The maximum absolute atomic E-state index is 12.1. The smallest absolute Gasteiger partial charge is 0.306 e. The number of benzene rings is 1. The molecule has 1 aliphatic rings. The lowest BCUT2D eigenvalue weighted by molar-refractivity contribution is -0.147. The third-order valence-electron chi connectivity index (χ3n) is 2.67. The zero-order valence-corrected chi connectivity index (χ0v) is 10.3. The molecule has 1 atom stereocenters. The van der Waals surface area contributed by atoms with Gasteiger partial charge in [0.25, 0.3) is 5.91 Å². The molecule has 96 valence electrons. The Hall–Kier alpha value is -1.59. The maximum atomic E-state index is 12.1. The molecule has 0 aliphatic carbocycles. The fourth-order valence-corrected chi connectivity index (χ4v) is 1.95. The molecule has 1 amide bonds. The van der Waals surface area contributed by atoms with Crippen LogP contribution in [0.4, 0.5) is 5.69 Å². The van der Waals surface area contributed by atoms with Crippen LogP contribution in [0.25, 0.3) is 0 Å². The number of carboxylic acids is 1. The Morgan fingerprint density at radius 1 is 1.44 bits per heavy atom. The largest absolute Gasteiger partial charge is 0.481 e. The first kappa shape index (κ1) is 12.9. The number of aliphatic carboxylic acids is 1. The molecule has 6 heteroatoms. The van der Waals surface area contributed by atoms with Crippen molar-refractivity contribution in [3.8, 4) is 0 Å². The van der Waals surface area contributed by atoms with Gasteiger partial charge in [-0.3, -0.25) is 9.59 Å². The minimum absolute atomic E-state index is 0.317. The van der Waals surface area contributed by atoms with Crippen LogP contribution in [0.1, 0.15) is 6.42 Å². The molecule has 0 aromatic heterocycles. The third-order valence-corrected chi connectivity index (χ3v) is 2.93. The number of rotatable bonds is 3. The number of nitrogens with zero attached hydrogens (tertiary/aromatic N) is 1. The fourth-order valence-electron chi connectivity index (χ4n) is 1.82. The van der Waals surface area contributed by atoms with Crippen LogP contribution in [0.15, 0.2) is 24.3 Å². The molecular weight excluding hydrogens is 258 g/mol. The van der Waals surface area contributed by atoms with Crippen molar-refractivity contribution in [3.05, 3.63) is 29.3 Å². The van der Waals surface area contributed by atoms with E-state index in [0.717, 1.165) is 0 Å². The van der Waals surface area contributed by atoms with Crippen LogP contribution < -0.4 is 4.90 Å². The molecule has 1 unspecified atom stereocenters. The van der Waals surface area contributed by atoms with E-state index in [4.69, 9.17) is 21.4 Å². The number of anilines is 1. The Morgan fingerprint density at radius 3 is 2.72 bits per heavy atom. The van der Waals surface area contributed by atoms with Crippen molar-refractivity contribution in [1.82, 2.24) is 0 Å². The highest BCUT2D eigenvalue weighted by atomic mass is 35.5. The normalized spacial score (nSPS) is 19.9. The fraction of sp³-hybridized carbons (Fsp3) is 0.333. The average Bonchev–Trinajstić information content (AvgIpc) is 2.33. The summed E-state index contributed by atoms with van der Waals surface area (Å²) in [5, 5.41) is 9.29. The summed E-state index contributed by atoms with van der Waals surface area (Å²) in [5.41, 5.74) is 0.697. The van der Waals surface area contributed by atoms with Gasteiger partial charge < -0.3 is 14.7 Å². The highest BCUT2D eigenvalue weighted by Gasteiger charge is 2.32. The van der Waals surface area contributed by atoms with Crippen LogP contribution in [0.2, 0.25) is 5.02 Å². The number of carboxylic acid groups (broad SMARTS) is 1. The van der Waals surface area contributed by atoms with E-state index in [-0.39, 0.29) is 12.3 Å². The predicted octanol–water partition coefficient (Wildman–Crippen LogP) is 1.55. The molecule has 0 spiro atoms. The topological polar surface area (TPSA) is 66.8 Å². The minimum atomic E-state index is -1.05. The number of ether oxygens (including phenoxy) is 1. The van der Waals surface area contributed by atoms with Gasteiger partial charge in [-0.15, -0.1) is 0 Å². The van der Waals surface area contributed by atoms with Crippen LogP contribution in [0.5, 0.6) is 0 Å². The zero-order chi connectivity index (χ0) is 13.1. The van der Waals surface area contributed by atoms with E-state index in [2.05, 4.69) is 0 Å². The number of carbonyl (C=O) groups excluding carboxylic acids is 1. The summed E-state index contributed by atoms with van der Waals surface area (Å²) in [5.74, 6) is -1.38. The molecule has 1 aromatic carbocycles. The van der Waals surface area contributed by atoms with Crippen molar-refractivity contribution in [2.24, 2.45) is 0 Å². The second-order valence-electron chi connectivity index (χ2n) is 3.92. The predicted molar refractivity (Wildman–Crippen MR) is 65.8 cm³/mol. The highest BCUT2D eigenvalue weighted by molar-refractivity contribution is 6.30.